The van der Waals surface area contributed by atoms with Crippen LogP contribution < -0.4 is 0 Å². The molecule has 0 atom stereocenters. The lowest BCUT2D eigenvalue weighted by molar-refractivity contribution is 0.372. The summed E-state index contributed by atoms with van der Waals surface area (Å²) in [5, 5.41) is 18.5. The number of nitrogens with one attached hydrogen (secondary N) is 1. The Bertz CT molecular complexity index is 974. The van der Waals surface area contributed by atoms with Gasteiger partial charge in [0.15, 0.2) is 16.8 Å². The van der Waals surface area contributed by atoms with E-state index in [1.165, 1.54) is 18.3 Å². The second-order valence-corrected chi connectivity index (χ2v) is 5.92. The van der Waals surface area contributed by atoms with Crippen LogP contribution in [0.5, 0.6) is 5.75 Å². The average molecular weight is 354 g/mol. The zero-order valence-electron chi connectivity index (χ0n) is 14.5. The van der Waals surface area contributed by atoms with Crippen LogP contribution in [0.3, 0.4) is 0 Å². The molecule has 2 heterocycles. The van der Waals surface area contributed by atoms with Crippen LogP contribution in [0.25, 0.3) is 11.1 Å². The molecule has 134 valence electrons. The first kappa shape index (κ1) is 17.7. The number of nitrogens with zero attached hydrogens (tertiary/aromatic N) is 1. The van der Waals surface area contributed by atoms with Crippen LogP contribution in [-0.4, -0.2) is 16.0 Å². The number of ether oxygens (including phenoxy) is 1. The molecule has 0 amide bonds. The molecule has 0 spiro atoms. The Morgan fingerprint density at radius 2 is 2.00 bits per heavy atom. The van der Waals surface area contributed by atoms with E-state index < -0.39 is 0 Å². The summed E-state index contributed by atoms with van der Waals surface area (Å²) in [6.45, 7) is 3.89. The minimum atomic E-state index is -0.306. The number of hydrogen-bond donors (Lipinski definition) is 2. The highest BCUT2D eigenvalue weighted by Gasteiger charge is 2.21. The van der Waals surface area contributed by atoms with E-state index in [1.807, 2.05) is 13.8 Å². The van der Waals surface area contributed by atoms with E-state index in [1.54, 1.807) is 24.3 Å². The number of furan rings is 1. The van der Waals surface area contributed by atoms with Gasteiger partial charge in [-0.2, -0.15) is 0 Å². The van der Waals surface area contributed by atoms with Gasteiger partial charge in [-0.25, -0.2) is 9.37 Å². The molecule has 0 aliphatic rings. The van der Waals surface area contributed by atoms with Crippen LogP contribution in [-0.2, 0) is 11.2 Å². The summed E-state index contributed by atoms with van der Waals surface area (Å²) in [4.78, 5) is 4.05. The number of rotatable bonds is 5. The van der Waals surface area contributed by atoms with Crippen molar-refractivity contribution >= 4 is 17.0 Å². The van der Waals surface area contributed by atoms with Gasteiger partial charge in [-0.1, -0.05) is 19.1 Å². The molecule has 1 aromatic carbocycles. The van der Waals surface area contributed by atoms with Crippen molar-refractivity contribution in [3.63, 3.8) is 0 Å². The smallest absolute Gasteiger partial charge is 0.259 e. The Hall–Kier alpha value is -3.15. The van der Waals surface area contributed by atoms with Crippen LogP contribution in [0.2, 0.25) is 0 Å². The van der Waals surface area contributed by atoms with E-state index in [4.69, 9.17) is 14.6 Å². The molecule has 5 nitrogen and oxygen atoms in total. The molecule has 0 aliphatic heterocycles. The lowest BCUT2D eigenvalue weighted by Gasteiger charge is -2.13. The van der Waals surface area contributed by atoms with E-state index >= 15 is 0 Å². The summed E-state index contributed by atoms with van der Waals surface area (Å²) in [6.07, 6.45) is 2.67. The van der Waals surface area contributed by atoms with Gasteiger partial charge in [0, 0.05) is 12.6 Å². The summed E-state index contributed by atoms with van der Waals surface area (Å²) in [7, 11) is 0. The maximum absolute atomic E-state index is 13.1. The standard InChI is InChI=1S/C20H19FN2O3/c1-3-12(2)16(11-13-6-8-14(21)9-7-13)26-20(22)19-18(24)17-15(25-19)5-4-10-23-17/h4-10,22,24H,3,11H2,1-2H3/b16-12+,22-20?. The van der Waals surface area contributed by atoms with Crippen LogP contribution >= 0.6 is 0 Å². The maximum atomic E-state index is 13.1. The Morgan fingerprint density at radius 1 is 1.27 bits per heavy atom. The predicted octanol–water partition coefficient (Wildman–Crippen LogP) is 4.94. The van der Waals surface area contributed by atoms with Gasteiger partial charge in [-0.3, -0.25) is 5.41 Å². The predicted molar refractivity (Wildman–Crippen MR) is 96.7 cm³/mol. The number of benzene rings is 1. The zero-order chi connectivity index (χ0) is 18.7. The van der Waals surface area contributed by atoms with E-state index in [0.29, 0.717) is 17.8 Å². The molecule has 6 heteroatoms. The summed E-state index contributed by atoms with van der Waals surface area (Å²) in [6, 6.07) is 9.46. The van der Waals surface area contributed by atoms with Crippen molar-refractivity contribution in [1.82, 2.24) is 4.98 Å². The van der Waals surface area contributed by atoms with Crippen molar-refractivity contribution in [1.29, 1.82) is 5.41 Å². The highest BCUT2D eigenvalue weighted by molar-refractivity contribution is 5.98. The van der Waals surface area contributed by atoms with Crippen LogP contribution in [0.15, 0.2) is 58.3 Å². The highest BCUT2D eigenvalue weighted by Crippen LogP contribution is 2.31. The number of aromatic nitrogens is 1. The van der Waals surface area contributed by atoms with E-state index in [9.17, 15) is 9.50 Å². The minimum absolute atomic E-state index is 0.0702. The van der Waals surface area contributed by atoms with E-state index in [-0.39, 0.29) is 28.7 Å². The van der Waals surface area contributed by atoms with Gasteiger partial charge in [0.05, 0.1) is 0 Å². The maximum Gasteiger partial charge on any atom is 0.259 e. The summed E-state index contributed by atoms with van der Waals surface area (Å²) < 4.78 is 24.3. The van der Waals surface area contributed by atoms with E-state index in [2.05, 4.69) is 4.98 Å². The Kier molecular flexibility index (Phi) is 5.02. The number of halogens is 1. The third-order valence-corrected chi connectivity index (χ3v) is 4.14. The number of pyridine rings is 1. The SMILES string of the molecule is CC/C(C)=C(\Cc1ccc(F)cc1)OC(=N)c1oc2cccnc2c1O. The van der Waals surface area contributed by atoms with Gasteiger partial charge in [0.25, 0.3) is 5.90 Å². The largest absolute Gasteiger partial charge is 0.503 e. The second kappa shape index (κ2) is 7.39. The van der Waals surface area contributed by atoms with Gasteiger partial charge in [0.1, 0.15) is 11.6 Å². The van der Waals surface area contributed by atoms with Gasteiger partial charge in [-0.15, -0.1) is 0 Å². The third-order valence-electron chi connectivity index (χ3n) is 4.14. The molecule has 26 heavy (non-hydrogen) atoms. The minimum Gasteiger partial charge on any atom is -0.503 e. The van der Waals surface area contributed by atoms with Crippen molar-refractivity contribution in [2.75, 3.05) is 0 Å². The lowest BCUT2D eigenvalue weighted by Crippen LogP contribution is -2.08. The van der Waals surface area contributed by atoms with Crippen molar-refractivity contribution < 1.29 is 18.7 Å². The molecule has 0 radical (unpaired) electrons. The number of aromatic hydroxyl groups is 1. The second-order valence-electron chi connectivity index (χ2n) is 5.92. The Morgan fingerprint density at radius 3 is 2.65 bits per heavy atom. The van der Waals surface area contributed by atoms with Crippen molar-refractivity contribution in [3.05, 3.63) is 71.1 Å². The molecule has 0 fully saturated rings. The molecule has 2 aromatic heterocycles. The molecule has 0 saturated carbocycles. The highest BCUT2D eigenvalue weighted by atomic mass is 19.1. The van der Waals surface area contributed by atoms with Gasteiger partial charge < -0.3 is 14.3 Å². The molecule has 0 unspecified atom stereocenters. The summed E-state index contributed by atoms with van der Waals surface area (Å²) in [5.74, 6) is -0.331. The normalized spacial score (nSPS) is 12.1. The molecule has 0 aliphatic carbocycles. The van der Waals surface area contributed by atoms with E-state index in [0.717, 1.165) is 17.6 Å². The fourth-order valence-corrected chi connectivity index (χ4v) is 2.50. The lowest BCUT2D eigenvalue weighted by atomic mass is 10.1. The summed E-state index contributed by atoms with van der Waals surface area (Å²) in [5.41, 5.74) is 2.47. The molecule has 3 aromatic rings. The van der Waals surface area contributed by atoms with Crippen LogP contribution in [0, 0.1) is 11.2 Å². The van der Waals surface area contributed by atoms with Crippen molar-refractivity contribution in [2.45, 2.75) is 26.7 Å². The van der Waals surface area contributed by atoms with Crippen molar-refractivity contribution in [2.24, 2.45) is 0 Å². The topological polar surface area (TPSA) is 79.3 Å². The van der Waals surface area contributed by atoms with Gasteiger partial charge >= 0.3 is 0 Å². The fourth-order valence-electron chi connectivity index (χ4n) is 2.50. The van der Waals surface area contributed by atoms with Gasteiger partial charge in [0.2, 0.25) is 5.76 Å². The molecular weight excluding hydrogens is 335 g/mol. The first-order valence-corrected chi connectivity index (χ1v) is 8.26. The number of fused-ring (bicyclic) bond motifs is 1. The number of hydrogen-bond acceptors (Lipinski definition) is 5. The van der Waals surface area contributed by atoms with Gasteiger partial charge in [-0.05, 0) is 48.7 Å². The third kappa shape index (κ3) is 3.59. The summed E-state index contributed by atoms with van der Waals surface area (Å²) >= 11 is 0. The monoisotopic (exact) mass is 354 g/mol. The fraction of sp³-hybridized carbons (Fsp3) is 0.200. The molecule has 0 saturated heterocycles. The Balaban J connectivity index is 1.87. The first-order valence-electron chi connectivity index (χ1n) is 8.26. The molecule has 0 bridgehead atoms. The zero-order valence-corrected chi connectivity index (χ0v) is 14.5. The van der Waals surface area contributed by atoms with Crippen molar-refractivity contribution in [3.8, 4) is 5.75 Å². The molecular formula is C20H19FN2O3. The molecule has 2 N–H and O–H groups in total. The van der Waals surface area contributed by atoms with Crippen LogP contribution in [0.4, 0.5) is 4.39 Å². The molecule has 3 rings (SSSR count). The number of allylic oxidation sites excluding steroid dienone is 2. The Labute approximate surface area is 150 Å². The van der Waals surface area contributed by atoms with Crippen LogP contribution in [0.1, 0.15) is 31.6 Å². The quantitative estimate of drug-likeness (QED) is 0.386. The first-order chi connectivity index (χ1) is 12.5. The average Bonchev–Trinajstić information content (AvgIpc) is 2.99.